The Morgan fingerprint density at radius 1 is 1.25 bits per heavy atom. The predicted molar refractivity (Wildman–Crippen MR) is 94.3 cm³/mol. The summed E-state index contributed by atoms with van der Waals surface area (Å²) in [7, 11) is 0. The predicted octanol–water partition coefficient (Wildman–Crippen LogP) is 3.35. The third-order valence-corrected chi connectivity index (χ3v) is 3.16. The van der Waals surface area contributed by atoms with Crippen LogP contribution in [0.1, 0.15) is 55.3 Å². The topological polar surface area (TPSA) is 72.8 Å². The van der Waals surface area contributed by atoms with E-state index in [1.165, 1.54) is 0 Å². The molecular weight excluding hydrogens is 308 g/mol. The van der Waals surface area contributed by atoms with Crippen molar-refractivity contribution >= 4 is 12.1 Å². The molecule has 5 nitrogen and oxygen atoms in total. The van der Waals surface area contributed by atoms with Crippen LogP contribution in [0.15, 0.2) is 24.3 Å². The molecule has 1 aromatic rings. The average molecular weight is 338 g/mol. The smallest absolute Gasteiger partial charge is 0.180 e. The van der Waals surface area contributed by atoms with Crippen molar-refractivity contribution in [3.05, 3.63) is 35.4 Å². The number of carbonyl (C=O) groups excluding carboxylic acids is 2. The molecule has 0 spiro atoms. The van der Waals surface area contributed by atoms with Crippen molar-refractivity contribution in [2.24, 2.45) is 11.8 Å². The van der Waals surface area contributed by atoms with Crippen molar-refractivity contribution < 1.29 is 24.2 Å². The van der Waals surface area contributed by atoms with Crippen molar-refractivity contribution in [2.75, 3.05) is 19.8 Å². The number of aldehydes is 1. The SMILES string of the molecule is CC.CC(C)C(=O)c1ccccc1C=O.CC1COC(CO)OC1. The molecule has 0 bridgehead atoms. The van der Waals surface area contributed by atoms with Gasteiger partial charge in [0.25, 0.3) is 0 Å². The Balaban J connectivity index is 0.000000420. The zero-order valence-corrected chi connectivity index (χ0v) is 15.3. The number of rotatable bonds is 4. The Morgan fingerprint density at radius 3 is 2.25 bits per heavy atom. The third-order valence-electron chi connectivity index (χ3n) is 3.16. The zero-order valence-electron chi connectivity index (χ0n) is 15.3. The summed E-state index contributed by atoms with van der Waals surface area (Å²) in [4.78, 5) is 22.2. The molecule has 0 radical (unpaired) electrons. The molecule has 1 heterocycles. The van der Waals surface area contributed by atoms with E-state index in [1.807, 2.05) is 34.6 Å². The van der Waals surface area contributed by atoms with Crippen LogP contribution < -0.4 is 0 Å². The summed E-state index contributed by atoms with van der Waals surface area (Å²) in [6.45, 7) is 11.1. The molecule has 1 N–H and O–H groups in total. The minimum absolute atomic E-state index is 0.0164. The highest BCUT2D eigenvalue weighted by atomic mass is 16.7. The molecule has 0 saturated carbocycles. The molecular formula is C19H30O5. The largest absolute Gasteiger partial charge is 0.391 e. The van der Waals surface area contributed by atoms with Gasteiger partial charge < -0.3 is 14.6 Å². The highest BCUT2D eigenvalue weighted by Crippen LogP contribution is 2.12. The second-order valence-corrected chi connectivity index (χ2v) is 5.61. The van der Waals surface area contributed by atoms with Gasteiger partial charge in [0.2, 0.25) is 0 Å². The monoisotopic (exact) mass is 338 g/mol. The first-order chi connectivity index (χ1) is 11.5. The molecule has 2 rings (SSSR count). The number of ether oxygens (including phenoxy) is 2. The lowest BCUT2D eigenvalue weighted by Gasteiger charge is -2.25. The van der Waals surface area contributed by atoms with E-state index < -0.39 is 0 Å². The first-order valence-corrected chi connectivity index (χ1v) is 8.42. The molecule has 0 unspecified atom stereocenters. The van der Waals surface area contributed by atoms with Crippen molar-refractivity contribution in [3.63, 3.8) is 0 Å². The van der Waals surface area contributed by atoms with Gasteiger partial charge in [-0.1, -0.05) is 58.9 Å². The number of Topliss-reactive ketones (excluding diaryl/α,β-unsaturated/α-hetero) is 1. The van der Waals surface area contributed by atoms with Gasteiger partial charge in [0, 0.05) is 23.0 Å². The first-order valence-electron chi connectivity index (χ1n) is 8.42. The van der Waals surface area contributed by atoms with E-state index in [0.29, 0.717) is 30.3 Å². The summed E-state index contributed by atoms with van der Waals surface area (Å²) in [5.41, 5.74) is 0.994. The summed E-state index contributed by atoms with van der Waals surface area (Å²) in [5, 5.41) is 8.53. The average Bonchev–Trinajstić information content (AvgIpc) is 2.63. The van der Waals surface area contributed by atoms with E-state index in [9.17, 15) is 9.59 Å². The Bertz CT molecular complexity index is 476. The fraction of sp³-hybridized carbons (Fsp3) is 0.579. The van der Waals surface area contributed by atoms with Crippen LogP contribution in [0.25, 0.3) is 0 Å². The van der Waals surface area contributed by atoms with E-state index >= 15 is 0 Å². The molecule has 1 fully saturated rings. The van der Waals surface area contributed by atoms with Crippen LogP contribution in [-0.2, 0) is 9.47 Å². The van der Waals surface area contributed by atoms with Crippen molar-refractivity contribution in [1.29, 1.82) is 0 Å². The zero-order chi connectivity index (χ0) is 18.5. The van der Waals surface area contributed by atoms with Gasteiger partial charge in [0.1, 0.15) is 0 Å². The lowest BCUT2D eigenvalue weighted by molar-refractivity contribution is -0.212. The minimum atomic E-state index is -0.374. The van der Waals surface area contributed by atoms with Crippen LogP contribution >= 0.6 is 0 Å². The fourth-order valence-electron chi connectivity index (χ4n) is 1.88. The lowest BCUT2D eigenvalue weighted by atomic mass is 9.97. The number of benzene rings is 1. The van der Waals surface area contributed by atoms with Gasteiger partial charge in [-0.2, -0.15) is 0 Å². The Kier molecular flexibility index (Phi) is 12.0. The molecule has 24 heavy (non-hydrogen) atoms. The number of hydrogen-bond acceptors (Lipinski definition) is 5. The van der Waals surface area contributed by atoms with E-state index in [2.05, 4.69) is 0 Å². The Hall–Kier alpha value is -1.56. The molecule has 0 amide bonds. The van der Waals surface area contributed by atoms with E-state index in [1.54, 1.807) is 24.3 Å². The molecule has 1 saturated heterocycles. The van der Waals surface area contributed by atoms with Gasteiger partial charge in [-0.05, 0) is 0 Å². The minimum Gasteiger partial charge on any atom is -0.391 e. The van der Waals surface area contributed by atoms with E-state index in [4.69, 9.17) is 14.6 Å². The van der Waals surface area contributed by atoms with Gasteiger partial charge in [-0.25, -0.2) is 0 Å². The van der Waals surface area contributed by atoms with Crippen LogP contribution in [0, 0.1) is 11.8 Å². The molecule has 1 aliphatic heterocycles. The summed E-state index contributed by atoms with van der Waals surface area (Å²) < 4.78 is 10.1. The molecule has 5 heteroatoms. The van der Waals surface area contributed by atoms with Crippen LogP contribution in [0.5, 0.6) is 0 Å². The van der Waals surface area contributed by atoms with Crippen LogP contribution in [0.2, 0.25) is 0 Å². The maximum Gasteiger partial charge on any atom is 0.180 e. The molecule has 136 valence electrons. The quantitative estimate of drug-likeness (QED) is 0.673. The van der Waals surface area contributed by atoms with Gasteiger partial charge in [-0.3, -0.25) is 9.59 Å². The number of ketones is 1. The fourth-order valence-corrected chi connectivity index (χ4v) is 1.88. The third kappa shape index (κ3) is 7.81. The summed E-state index contributed by atoms with van der Waals surface area (Å²) in [6, 6.07) is 6.86. The molecule has 1 aromatic carbocycles. The lowest BCUT2D eigenvalue weighted by Crippen LogP contribution is -2.32. The summed E-state index contributed by atoms with van der Waals surface area (Å²) in [6.07, 6.45) is 0.344. The Labute approximate surface area is 145 Å². The van der Waals surface area contributed by atoms with Gasteiger partial charge in [0.05, 0.1) is 19.8 Å². The summed E-state index contributed by atoms with van der Waals surface area (Å²) in [5.74, 6) is 0.414. The number of carbonyl (C=O) groups is 2. The maximum absolute atomic E-state index is 11.6. The molecule has 0 aromatic heterocycles. The number of aliphatic hydroxyl groups is 1. The van der Waals surface area contributed by atoms with Crippen molar-refractivity contribution in [2.45, 2.75) is 40.9 Å². The van der Waals surface area contributed by atoms with Gasteiger partial charge >= 0.3 is 0 Å². The van der Waals surface area contributed by atoms with Crippen LogP contribution in [0.3, 0.4) is 0 Å². The highest BCUT2D eigenvalue weighted by Gasteiger charge is 2.17. The Morgan fingerprint density at radius 2 is 1.79 bits per heavy atom. The van der Waals surface area contributed by atoms with Gasteiger partial charge in [-0.15, -0.1) is 0 Å². The summed E-state index contributed by atoms with van der Waals surface area (Å²) >= 11 is 0. The second-order valence-electron chi connectivity index (χ2n) is 5.61. The number of hydrogen-bond donors (Lipinski definition) is 1. The molecule has 1 aliphatic rings. The normalized spacial score (nSPS) is 19.5. The standard InChI is InChI=1S/C11H12O2.C6H12O3.C2H6/c1-8(2)11(13)10-6-4-3-5-9(10)7-12;1-5-3-8-6(2-7)9-4-5;1-2/h3-8H,1-2H3;5-7H,2-4H2,1H3;1-2H3. The van der Waals surface area contributed by atoms with Gasteiger partial charge in [0.15, 0.2) is 18.4 Å². The van der Waals surface area contributed by atoms with Crippen molar-refractivity contribution in [1.82, 2.24) is 0 Å². The first kappa shape index (κ1) is 22.4. The van der Waals surface area contributed by atoms with E-state index in [0.717, 1.165) is 6.29 Å². The molecule has 0 aliphatic carbocycles. The maximum atomic E-state index is 11.6. The number of aliphatic hydroxyl groups excluding tert-OH is 1. The highest BCUT2D eigenvalue weighted by molar-refractivity contribution is 6.03. The van der Waals surface area contributed by atoms with E-state index in [-0.39, 0.29) is 24.6 Å². The second kappa shape index (κ2) is 12.8. The van der Waals surface area contributed by atoms with Crippen LogP contribution in [-0.4, -0.2) is 43.3 Å². The van der Waals surface area contributed by atoms with Crippen LogP contribution in [0.4, 0.5) is 0 Å². The molecule has 0 atom stereocenters. The van der Waals surface area contributed by atoms with Crippen molar-refractivity contribution in [3.8, 4) is 0 Å².